The number of aromatic nitrogens is 1. The molecule has 2 fully saturated rings. The third-order valence-corrected chi connectivity index (χ3v) is 5.47. The maximum atomic E-state index is 4.97. The van der Waals surface area contributed by atoms with Gasteiger partial charge in [-0.3, -0.25) is 0 Å². The van der Waals surface area contributed by atoms with E-state index in [1.807, 2.05) is 11.3 Å². The molecule has 0 radical (unpaired) electrons. The Hall–Kier alpha value is -0.410. The van der Waals surface area contributed by atoms with Gasteiger partial charge in [0, 0.05) is 23.3 Å². The molecule has 3 heteroatoms. The fourth-order valence-electron chi connectivity index (χ4n) is 3.07. The SMILES string of the molecule is CNCC1(c2nc(C3CCCCC3)cs2)CC1. The van der Waals surface area contributed by atoms with E-state index < -0.39 is 0 Å². The summed E-state index contributed by atoms with van der Waals surface area (Å²) in [6.45, 7) is 1.10. The van der Waals surface area contributed by atoms with Gasteiger partial charge < -0.3 is 5.32 Å². The van der Waals surface area contributed by atoms with Crippen molar-refractivity contribution in [3.8, 4) is 0 Å². The highest BCUT2D eigenvalue weighted by Crippen LogP contribution is 2.49. The van der Waals surface area contributed by atoms with Crippen molar-refractivity contribution in [2.75, 3.05) is 13.6 Å². The highest BCUT2D eigenvalue weighted by molar-refractivity contribution is 7.09. The van der Waals surface area contributed by atoms with E-state index in [0.29, 0.717) is 5.41 Å². The molecule has 1 N–H and O–H groups in total. The number of hydrogen-bond donors (Lipinski definition) is 1. The van der Waals surface area contributed by atoms with Gasteiger partial charge in [0.2, 0.25) is 0 Å². The Balaban J connectivity index is 1.73. The van der Waals surface area contributed by atoms with Crippen molar-refractivity contribution in [3.63, 3.8) is 0 Å². The van der Waals surface area contributed by atoms with Crippen molar-refractivity contribution >= 4 is 11.3 Å². The molecule has 2 nitrogen and oxygen atoms in total. The molecular formula is C14H22N2S. The first-order chi connectivity index (χ1) is 8.34. The van der Waals surface area contributed by atoms with Crippen LogP contribution in [0.1, 0.15) is 61.6 Å². The average molecular weight is 250 g/mol. The average Bonchev–Trinajstić information content (AvgIpc) is 2.98. The van der Waals surface area contributed by atoms with E-state index in [2.05, 4.69) is 17.7 Å². The molecule has 0 saturated heterocycles. The molecule has 0 unspecified atom stereocenters. The first-order valence-corrected chi connectivity index (χ1v) is 7.82. The van der Waals surface area contributed by atoms with Crippen molar-refractivity contribution in [2.24, 2.45) is 0 Å². The van der Waals surface area contributed by atoms with Gasteiger partial charge >= 0.3 is 0 Å². The highest BCUT2D eigenvalue weighted by Gasteiger charge is 2.46. The van der Waals surface area contributed by atoms with E-state index in [1.54, 1.807) is 0 Å². The molecule has 0 atom stereocenters. The minimum atomic E-state index is 0.409. The van der Waals surface area contributed by atoms with E-state index in [4.69, 9.17) is 4.98 Å². The maximum Gasteiger partial charge on any atom is 0.100 e. The van der Waals surface area contributed by atoms with Crippen molar-refractivity contribution < 1.29 is 0 Å². The smallest absolute Gasteiger partial charge is 0.100 e. The summed E-state index contributed by atoms with van der Waals surface area (Å²) in [5.41, 5.74) is 1.80. The largest absolute Gasteiger partial charge is 0.319 e. The van der Waals surface area contributed by atoms with Crippen LogP contribution in [0.3, 0.4) is 0 Å². The first kappa shape index (κ1) is 11.7. The van der Waals surface area contributed by atoms with Crippen LogP contribution in [0.15, 0.2) is 5.38 Å². The van der Waals surface area contributed by atoms with Crippen LogP contribution in [0.25, 0.3) is 0 Å². The molecular weight excluding hydrogens is 228 g/mol. The second-order valence-corrected chi connectivity index (χ2v) is 6.58. The zero-order chi connectivity index (χ0) is 11.7. The second-order valence-electron chi connectivity index (χ2n) is 5.72. The molecule has 1 aromatic rings. The normalized spacial score (nSPS) is 23.8. The van der Waals surface area contributed by atoms with Gasteiger partial charge in [0.05, 0.1) is 5.69 Å². The molecule has 0 amide bonds. The molecule has 0 aromatic carbocycles. The van der Waals surface area contributed by atoms with Crippen molar-refractivity contribution in [1.82, 2.24) is 10.3 Å². The lowest BCUT2D eigenvalue weighted by Crippen LogP contribution is -2.23. The van der Waals surface area contributed by atoms with E-state index in [1.165, 1.54) is 55.6 Å². The van der Waals surface area contributed by atoms with Crippen LogP contribution in [0.4, 0.5) is 0 Å². The molecule has 94 valence electrons. The number of nitrogens with zero attached hydrogens (tertiary/aromatic N) is 1. The predicted octanol–water partition coefficient (Wildman–Crippen LogP) is 3.44. The summed E-state index contributed by atoms with van der Waals surface area (Å²) in [6, 6.07) is 0. The van der Waals surface area contributed by atoms with Crippen molar-refractivity contribution in [3.05, 3.63) is 16.1 Å². The number of rotatable bonds is 4. The standard InChI is InChI=1S/C14H22N2S/c1-15-10-14(7-8-14)13-16-12(9-17-13)11-5-3-2-4-6-11/h9,11,15H,2-8,10H2,1H3. The lowest BCUT2D eigenvalue weighted by Gasteiger charge is -2.19. The van der Waals surface area contributed by atoms with Crippen LogP contribution >= 0.6 is 11.3 Å². The number of thiazole rings is 1. The van der Waals surface area contributed by atoms with E-state index >= 15 is 0 Å². The Morgan fingerprint density at radius 2 is 2.12 bits per heavy atom. The van der Waals surface area contributed by atoms with E-state index in [-0.39, 0.29) is 0 Å². The molecule has 0 spiro atoms. The van der Waals surface area contributed by atoms with Gasteiger partial charge in [-0.2, -0.15) is 0 Å². The molecule has 2 aliphatic rings. The van der Waals surface area contributed by atoms with Gasteiger partial charge in [-0.05, 0) is 32.7 Å². The summed E-state index contributed by atoms with van der Waals surface area (Å²) in [4.78, 5) is 4.97. The quantitative estimate of drug-likeness (QED) is 0.885. The summed E-state index contributed by atoms with van der Waals surface area (Å²) in [5, 5.41) is 7.05. The summed E-state index contributed by atoms with van der Waals surface area (Å²) < 4.78 is 0. The Morgan fingerprint density at radius 3 is 2.76 bits per heavy atom. The molecule has 0 bridgehead atoms. The number of hydrogen-bond acceptors (Lipinski definition) is 3. The Labute approximate surface area is 108 Å². The van der Waals surface area contributed by atoms with E-state index in [0.717, 1.165) is 12.5 Å². The number of nitrogens with one attached hydrogen (secondary N) is 1. The number of likely N-dealkylation sites (N-methyl/N-ethyl adjacent to an activating group) is 1. The zero-order valence-electron chi connectivity index (χ0n) is 10.7. The van der Waals surface area contributed by atoms with Crippen LogP contribution in [0, 0.1) is 0 Å². The van der Waals surface area contributed by atoms with Gasteiger partial charge in [-0.25, -0.2) is 4.98 Å². The van der Waals surface area contributed by atoms with Gasteiger partial charge in [-0.15, -0.1) is 11.3 Å². The molecule has 2 saturated carbocycles. The Morgan fingerprint density at radius 1 is 1.35 bits per heavy atom. The lowest BCUT2D eigenvalue weighted by molar-refractivity contribution is 0.436. The fourth-order valence-corrected chi connectivity index (χ4v) is 4.23. The van der Waals surface area contributed by atoms with Gasteiger partial charge in [-0.1, -0.05) is 19.3 Å². The monoisotopic (exact) mass is 250 g/mol. The molecule has 1 aromatic heterocycles. The Kier molecular flexibility index (Phi) is 3.22. The first-order valence-electron chi connectivity index (χ1n) is 6.95. The lowest BCUT2D eigenvalue weighted by atomic mass is 9.87. The molecule has 0 aliphatic heterocycles. The molecule has 3 rings (SSSR count). The van der Waals surface area contributed by atoms with Gasteiger partial charge in [0.15, 0.2) is 0 Å². The highest BCUT2D eigenvalue weighted by atomic mass is 32.1. The van der Waals surface area contributed by atoms with Crippen LogP contribution in [-0.4, -0.2) is 18.6 Å². The van der Waals surface area contributed by atoms with Crippen LogP contribution in [0.5, 0.6) is 0 Å². The van der Waals surface area contributed by atoms with Gasteiger partial charge in [0.1, 0.15) is 5.01 Å². The predicted molar refractivity (Wildman–Crippen MR) is 72.8 cm³/mol. The van der Waals surface area contributed by atoms with Crippen LogP contribution in [0.2, 0.25) is 0 Å². The topological polar surface area (TPSA) is 24.9 Å². The summed E-state index contributed by atoms with van der Waals surface area (Å²) in [7, 11) is 2.05. The van der Waals surface area contributed by atoms with E-state index in [9.17, 15) is 0 Å². The molecule has 1 heterocycles. The summed E-state index contributed by atoms with van der Waals surface area (Å²) in [5.74, 6) is 0.763. The Bertz CT molecular complexity index is 375. The van der Waals surface area contributed by atoms with Gasteiger partial charge in [0.25, 0.3) is 0 Å². The minimum absolute atomic E-state index is 0.409. The third-order valence-electron chi connectivity index (χ3n) is 4.37. The minimum Gasteiger partial charge on any atom is -0.319 e. The van der Waals surface area contributed by atoms with Crippen molar-refractivity contribution in [2.45, 2.75) is 56.3 Å². The molecule has 2 aliphatic carbocycles. The van der Waals surface area contributed by atoms with Crippen LogP contribution in [-0.2, 0) is 5.41 Å². The third kappa shape index (κ3) is 2.27. The van der Waals surface area contributed by atoms with Crippen LogP contribution < -0.4 is 5.32 Å². The summed E-state index contributed by atoms with van der Waals surface area (Å²) >= 11 is 1.90. The second kappa shape index (κ2) is 4.69. The summed E-state index contributed by atoms with van der Waals surface area (Å²) in [6.07, 6.45) is 9.61. The maximum absolute atomic E-state index is 4.97. The zero-order valence-corrected chi connectivity index (χ0v) is 11.5. The molecule has 17 heavy (non-hydrogen) atoms. The fraction of sp³-hybridized carbons (Fsp3) is 0.786. The van der Waals surface area contributed by atoms with Crippen molar-refractivity contribution in [1.29, 1.82) is 0 Å².